The Balaban J connectivity index is 1.83. The molecule has 2 heterocycles. The highest BCUT2D eigenvalue weighted by atomic mass is 16.5. The molecular weight excluding hydrogens is 272 g/mol. The molecule has 2 unspecified atom stereocenters. The van der Waals surface area contributed by atoms with Crippen LogP contribution in [0.5, 0.6) is 0 Å². The Labute approximate surface area is 122 Å². The third-order valence-corrected chi connectivity index (χ3v) is 4.69. The quantitative estimate of drug-likeness (QED) is 0.807. The number of nitrogens with zero attached hydrogens (tertiary/aromatic N) is 3. The van der Waals surface area contributed by atoms with Crippen LogP contribution >= 0.6 is 0 Å². The van der Waals surface area contributed by atoms with Gasteiger partial charge in [-0.05, 0) is 30.9 Å². The third-order valence-electron chi connectivity index (χ3n) is 4.69. The van der Waals surface area contributed by atoms with E-state index in [1.165, 1.54) is 7.11 Å². The number of primary amides is 1. The highest BCUT2D eigenvalue weighted by Crippen LogP contribution is 2.50. The maximum absolute atomic E-state index is 12.2. The first-order valence-corrected chi connectivity index (χ1v) is 7.04. The summed E-state index contributed by atoms with van der Waals surface area (Å²) in [6.07, 6.45) is 2.94. The molecule has 0 radical (unpaired) electrons. The molecule has 1 aromatic heterocycles. The summed E-state index contributed by atoms with van der Waals surface area (Å²) in [5.74, 6) is 0.229. The first kappa shape index (κ1) is 13.8. The molecule has 2 aliphatic rings. The van der Waals surface area contributed by atoms with Crippen molar-refractivity contribution in [2.45, 2.75) is 19.3 Å². The molecule has 0 aromatic carbocycles. The van der Waals surface area contributed by atoms with Gasteiger partial charge in [-0.25, -0.2) is 0 Å². The van der Waals surface area contributed by atoms with E-state index in [9.17, 15) is 9.59 Å². The predicted octanol–water partition coefficient (Wildman–Crippen LogP) is 0.355. The molecule has 2 fully saturated rings. The van der Waals surface area contributed by atoms with Gasteiger partial charge in [-0.1, -0.05) is 6.42 Å². The Kier molecular flexibility index (Phi) is 3.27. The van der Waals surface area contributed by atoms with E-state index in [1.807, 2.05) is 4.90 Å². The van der Waals surface area contributed by atoms with Gasteiger partial charge in [0.15, 0.2) is 11.5 Å². The SMILES string of the molecule is COC(=O)C12CCCC1CN(c1ccc(C(N)=O)nn1)C2. The van der Waals surface area contributed by atoms with Crippen molar-refractivity contribution in [3.63, 3.8) is 0 Å². The summed E-state index contributed by atoms with van der Waals surface area (Å²) in [6.45, 7) is 1.36. The Bertz CT molecular complexity index is 574. The number of carbonyl (C=O) groups is 2. The van der Waals surface area contributed by atoms with Gasteiger partial charge in [-0.2, -0.15) is 0 Å². The van der Waals surface area contributed by atoms with Gasteiger partial charge in [0.2, 0.25) is 0 Å². The van der Waals surface area contributed by atoms with Crippen LogP contribution < -0.4 is 10.6 Å². The lowest BCUT2D eigenvalue weighted by molar-refractivity contribution is -0.152. The van der Waals surface area contributed by atoms with E-state index in [0.29, 0.717) is 18.3 Å². The number of nitrogens with two attached hydrogens (primary N) is 1. The molecule has 7 nitrogen and oxygen atoms in total. The average molecular weight is 290 g/mol. The highest BCUT2D eigenvalue weighted by Gasteiger charge is 2.55. The Hall–Kier alpha value is -2.18. The summed E-state index contributed by atoms with van der Waals surface area (Å²) in [5, 5.41) is 7.87. The number of aromatic nitrogens is 2. The molecule has 2 atom stereocenters. The number of amides is 1. The number of esters is 1. The Morgan fingerprint density at radius 2 is 2.24 bits per heavy atom. The lowest BCUT2D eigenvalue weighted by Crippen LogP contribution is -2.37. The lowest BCUT2D eigenvalue weighted by atomic mass is 9.81. The van der Waals surface area contributed by atoms with E-state index in [0.717, 1.165) is 25.8 Å². The number of fused-ring (bicyclic) bond motifs is 1. The summed E-state index contributed by atoms with van der Waals surface area (Å²) in [5.41, 5.74) is 4.88. The normalized spacial score (nSPS) is 27.5. The summed E-state index contributed by atoms with van der Waals surface area (Å²) >= 11 is 0. The van der Waals surface area contributed by atoms with E-state index < -0.39 is 11.3 Å². The number of hydrogen-bond donors (Lipinski definition) is 1. The van der Waals surface area contributed by atoms with Crippen LogP contribution in [-0.2, 0) is 9.53 Å². The minimum atomic E-state index is -0.599. The van der Waals surface area contributed by atoms with Crippen molar-refractivity contribution in [3.05, 3.63) is 17.8 Å². The maximum atomic E-state index is 12.2. The van der Waals surface area contributed by atoms with Gasteiger partial charge in [0, 0.05) is 13.1 Å². The second-order valence-electron chi connectivity index (χ2n) is 5.76. The summed E-state index contributed by atoms with van der Waals surface area (Å²) in [7, 11) is 1.44. The number of methoxy groups -OCH3 is 1. The van der Waals surface area contributed by atoms with Crippen molar-refractivity contribution < 1.29 is 14.3 Å². The second-order valence-corrected chi connectivity index (χ2v) is 5.76. The van der Waals surface area contributed by atoms with Crippen molar-refractivity contribution >= 4 is 17.7 Å². The van der Waals surface area contributed by atoms with Crippen LogP contribution in [0.25, 0.3) is 0 Å². The summed E-state index contributed by atoms with van der Waals surface area (Å²) in [4.78, 5) is 25.2. The van der Waals surface area contributed by atoms with Gasteiger partial charge in [0.05, 0.1) is 12.5 Å². The fourth-order valence-corrected chi connectivity index (χ4v) is 3.63. The Morgan fingerprint density at radius 3 is 2.86 bits per heavy atom. The topological polar surface area (TPSA) is 98.4 Å². The van der Waals surface area contributed by atoms with Gasteiger partial charge in [-0.15, -0.1) is 10.2 Å². The van der Waals surface area contributed by atoms with Crippen molar-refractivity contribution in [3.8, 4) is 0 Å². The van der Waals surface area contributed by atoms with Crippen LogP contribution in [0, 0.1) is 11.3 Å². The minimum Gasteiger partial charge on any atom is -0.469 e. The molecule has 1 saturated carbocycles. The average Bonchev–Trinajstić information content (AvgIpc) is 3.04. The van der Waals surface area contributed by atoms with Crippen LogP contribution in [0.3, 0.4) is 0 Å². The molecule has 1 aliphatic carbocycles. The molecule has 0 bridgehead atoms. The molecule has 0 spiro atoms. The third kappa shape index (κ3) is 2.12. The number of ether oxygens (including phenoxy) is 1. The van der Waals surface area contributed by atoms with Crippen molar-refractivity contribution in [2.75, 3.05) is 25.1 Å². The molecule has 3 rings (SSSR count). The van der Waals surface area contributed by atoms with E-state index in [-0.39, 0.29) is 11.7 Å². The fraction of sp³-hybridized carbons (Fsp3) is 0.571. The van der Waals surface area contributed by atoms with Crippen molar-refractivity contribution in [1.82, 2.24) is 10.2 Å². The number of rotatable bonds is 3. The largest absolute Gasteiger partial charge is 0.469 e. The number of hydrogen-bond acceptors (Lipinski definition) is 6. The summed E-state index contributed by atoms with van der Waals surface area (Å²) in [6, 6.07) is 3.28. The predicted molar refractivity (Wildman–Crippen MR) is 74.6 cm³/mol. The standard InChI is InChI=1S/C14H18N4O3/c1-21-13(20)14-6-2-3-9(14)7-18(8-14)11-5-4-10(12(15)19)16-17-11/h4-5,9H,2-3,6-8H2,1H3,(H2,15,19). The molecular formula is C14H18N4O3. The van der Waals surface area contributed by atoms with Gasteiger partial charge < -0.3 is 15.4 Å². The van der Waals surface area contributed by atoms with Gasteiger partial charge in [0.25, 0.3) is 5.91 Å². The zero-order valence-electron chi connectivity index (χ0n) is 11.9. The maximum Gasteiger partial charge on any atom is 0.313 e. The zero-order valence-corrected chi connectivity index (χ0v) is 11.9. The zero-order chi connectivity index (χ0) is 15.0. The van der Waals surface area contributed by atoms with Gasteiger partial charge >= 0.3 is 5.97 Å². The van der Waals surface area contributed by atoms with E-state index in [1.54, 1.807) is 12.1 Å². The number of anilines is 1. The second kappa shape index (κ2) is 4.98. The molecule has 1 aromatic rings. The van der Waals surface area contributed by atoms with Crippen LogP contribution in [0.15, 0.2) is 12.1 Å². The van der Waals surface area contributed by atoms with E-state index in [4.69, 9.17) is 10.5 Å². The first-order valence-electron chi connectivity index (χ1n) is 7.04. The Morgan fingerprint density at radius 1 is 1.43 bits per heavy atom. The first-order chi connectivity index (χ1) is 10.1. The molecule has 1 aliphatic heterocycles. The van der Waals surface area contributed by atoms with Gasteiger partial charge in [0.1, 0.15) is 0 Å². The van der Waals surface area contributed by atoms with Crippen LogP contribution in [0.2, 0.25) is 0 Å². The van der Waals surface area contributed by atoms with Gasteiger partial charge in [-0.3, -0.25) is 9.59 Å². The monoisotopic (exact) mass is 290 g/mol. The van der Waals surface area contributed by atoms with E-state index in [2.05, 4.69) is 10.2 Å². The minimum absolute atomic E-state index is 0.130. The number of carbonyl (C=O) groups excluding carboxylic acids is 2. The van der Waals surface area contributed by atoms with Crippen LogP contribution in [0.1, 0.15) is 29.8 Å². The van der Waals surface area contributed by atoms with Crippen molar-refractivity contribution in [2.24, 2.45) is 17.1 Å². The molecule has 112 valence electrons. The van der Waals surface area contributed by atoms with E-state index >= 15 is 0 Å². The molecule has 1 amide bonds. The molecule has 2 N–H and O–H groups in total. The van der Waals surface area contributed by atoms with Crippen LogP contribution in [-0.4, -0.2) is 42.3 Å². The smallest absolute Gasteiger partial charge is 0.313 e. The summed E-state index contributed by atoms with van der Waals surface area (Å²) < 4.78 is 5.01. The molecule has 7 heteroatoms. The molecule has 1 saturated heterocycles. The van der Waals surface area contributed by atoms with Crippen LogP contribution in [0.4, 0.5) is 5.82 Å². The van der Waals surface area contributed by atoms with Crippen molar-refractivity contribution in [1.29, 1.82) is 0 Å². The highest BCUT2D eigenvalue weighted by molar-refractivity contribution is 5.90. The fourth-order valence-electron chi connectivity index (χ4n) is 3.63. The molecule has 21 heavy (non-hydrogen) atoms. The lowest BCUT2D eigenvalue weighted by Gasteiger charge is -2.25.